The van der Waals surface area contributed by atoms with Crippen molar-refractivity contribution >= 4 is 5.71 Å². The van der Waals surface area contributed by atoms with E-state index in [9.17, 15) is 5.11 Å². The largest absolute Gasteiger partial charge is 0.390 e. The molecular weight excluding hydrogens is 270 g/mol. The first-order chi connectivity index (χ1) is 10.4. The lowest BCUT2D eigenvalue weighted by atomic mass is 9.50. The van der Waals surface area contributed by atoms with Crippen LogP contribution in [-0.2, 0) is 0 Å². The molecule has 0 bridgehead atoms. The number of rotatable bonds is 0. The van der Waals surface area contributed by atoms with Crippen molar-refractivity contribution in [2.24, 2.45) is 40.0 Å². The zero-order chi connectivity index (χ0) is 15.5. The average molecular weight is 303 g/mol. The van der Waals surface area contributed by atoms with Crippen molar-refractivity contribution in [2.75, 3.05) is 7.05 Å². The second kappa shape index (κ2) is 5.06. The molecule has 0 spiro atoms. The molecule has 4 saturated carbocycles. The minimum absolute atomic E-state index is 0.382. The summed E-state index contributed by atoms with van der Waals surface area (Å²) in [5, 5.41) is 10.5. The van der Waals surface area contributed by atoms with Crippen LogP contribution in [0.4, 0.5) is 0 Å². The monoisotopic (exact) mass is 303 g/mol. The molecule has 0 aromatic rings. The van der Waals surface area contributed by atoms with Gasteiger partial charge in [-0.2, -0.15) is 0 Å². The first kappa shape index (κ1) is 15.2. The van der Waals surface area contributed by atoms with Gasteiger partial charge in [-0.1, -0.05) is 6.92 Å². The standard InChI is InChI=1S/C20H33NO/c1-19(22)10-8-14-13(12-19)4-5-16-15(14)9-11-20(2)17(16)6-7-18(20)21-3/h13-17,22H,4-12H2,1-3H3/b21-18+/t13-,14+,15?,16?,17?,19-,20+/m1/s1. The Hall–Kier alpha value is -0.370. The van der Waals surface area contributed by atoms with E-state index in [4.69, 9.17) is 0 Å². The third-order valence-corrected chi connectivity index (χ3v) is 8.25. The van der Waals surface area contributed by atoms with Crippen LogP contribution >= 0.6 is 0 Å². The van der Waals surface area contributed by atoms with Gasteiger partial charge in [-0.3, -0.25) is 4.99 Å². The van der Waals surface area contributed by atoms with Gasteiger partial charge in [0.25, 0.3) is 0 Å². The summed E-state index contributed by atoms with van der Waals surface area (Å²) < 4.78 is 0. The molecule has 2 nitrogen and oxygen atoms in total. The quantitative estimate of drug-likeness (QED) is 0.704. The molecule has 22 heavy (non-hydrogen) atoms. The lowest BCUT2D eigenvalue weighted by Gasteiger charge is -2.56. The second-order valence-corrected chi connectivity index (χ2v) is 9.34. The van der Waals surface area contributed by atoms with Crippen molar-refractivity contribution in [3.63, 3.8) is 0 Å². The van der Waals surface area contributed by atoms with Gasteiger partial charge in [-0.25, -0.2) is 0 Å². The summed E-state index contributed by atoms with van der Waals surface area (Å²) in [6.45, 7) is 4.58. The minimum Gasteiger partial charge on any atom is -0.390 e. The summed E-state index contributed by atoms with van der Waals surface area (Å²) in [5.74, 6) is 4.50. The average Bonchev–Trinajstić information content (AvgIpc) is 2.82. The van der Waals surface area contributed by atoms with Gasteiger partial charge in [0.05, 0.1) is 5.60 Å². The molecule has 7 atom stereocenters. The second-order valence-electron chi connectivity index (χ2n) is 9.34. The van der Waals surface area contributed by atoms with Crippen LogP contribution in [0.25, 0.3) is 0 Å². The lowest BCUT2D eigenvalue weighted by Crippen LogP contribution is -2.50. The molecule has 0 aromatic heterocycles. The highest BCUT2D eigenvalue weighted by Crippen LogP contribution is 2.62. The van der Waals surface area contributed by atoms with Gasteiger partial charge in [-0.15, -0.1) is 0 Å². The molecular formula is C20H33NO. The number of hydrogen-bond donors (Lipinski definition) is 1. The van der Waals surface area contributed by atoms with Crippen LogP contribution in [0, 0.1) is 35.0 Å². The molecule has 124 valence electrons. The highest BCUT2D eigenvalue weighted by Gasteiger charge is 2.56. The molecule has 1 N–H and O–H groups in total. The van der Waals surface area contributed by atoms with Gasteiger partial charge in [0.1, 0.15) is 0 Å². The van der Waals surface area contributed by atoms with E-state index in [0.29, 0.717) is 5.41 Å². The van der Waals surface area contributed by atoms with E-state index in [1.165, 1.54) is 50.7 Å². The Morgan fingerprint density at radius 1 is 0.955 bits per heavy atom. The van der Waals surface area contributed by atoms with Crippen LogP contribution in [0.5, 0.6) is 0 Å². The Kier molecular flexibility index (Phi) is 3.49. The molecule has 4 rings (SSSR count). The maximum absolute atomic E-state index is 10.5. The van der Waals surface area contributed by atoms with E-state index < -0.39 is 0 Å². The predicted molar refractivity (Wildman–Crippen MR) is 91.1 cm³/mol. The van der Waals surface area contributed by atoms with Crippen LogP contribution in [0.3, 0.4) is 0 Å². The maximum atomic E-state index is 10.5. The van der Waals surface area contributed by atoms with Crippen molar-refractivity contribution < 1.29 is 5.11 Å². The van der Waals surface area contributed by atoms with Crippen molar-refractivity contribution in [3.05, 3.63) is 0 Å². The summed E-state index contributed by atoms with van der Waals surface area (Å²) in [6, 6.07) is 0. The van der Waals surface area contributed by atoms with E-state index in [-0.39, 0.29) is 5.60 Å². The highest BCUT2D eigenvalue weighted by atomic mass is 16.3. The summed E-state index contributed by atoms with van der Waals surface area (Å²) in [4.78, 5) is 4.67. The Balaban J connectivity index is 1.57. The van der Waals surface area contributed by atoms with E-state index in [1.807, 2.05) is 7.05 Å². The predicted octanol–water partition coefficient (Wildman–Crippen LogP) is 4.46. The van der Waals surface area contributed by atoms with Gasteiger partial charge in [-0.05, 0) is 94.3 Å². The minimum atomic E-state index is -0.382. The number of aliphatic hydroxyl groups is 1. The first-order valence-corrected chi connectivity index (χ1v) is 9.63. The zero-order valence-electron chi connectivity index (χ0n) is 14.6. The Morgan fingerprint density at radius 3 is 2.50 bits per heavy atom. The van der Waals surface area contributed by atoms with E-state index in [2.05, 4.69) is 18.8 Å². The molecule has 0 heterocycles. The summed E-state index contributed by atoms with van der Waals surface area (Å²) in [6.07, 6.45) is 11.6. The fourth-order valence-electron chi connectivity index (χ4n) is 7.24. The lowest BCUT2D eigenvalue weighted by molar-refractivity contribution is -0.0875. The topological polar surface area (TPSA) is 32.6 Å². The Bertz CT molecular complexity index is 482. The molecule has 2 heteroatoms. The first-order valence-electron chi connectivity index (χ1n) is 9.63. The van der Waals surface area contributed by atoms with Gasteiger partial charge in [0.2, 0.25) is 0 Å². The highest BCUT2D eigenvalue weighted by molar-refractivity contribution is 5.92. The van der Waals surface area contributed by atoms with E-state index in [1.54, 1.807) is 0 Å². The van der Waals surface area contributed by atoms with Crippen LogP contribution in [0.1, 0.15) is 71.6 Å². The molecule has 0 radical (unpaired) electrons. The van der Waals surface area contributed by atoms with Crippen molar-refractivity contribution in [2.45, 2.75) is 77.2 Å². The van der Waals surface area contributed by atoms with Crippen LogP contribution < -0.4 is 0 Å². The van der Waals surface area contributed by atoms with Crippen LogP contribution in [0.15, 0.2) is 4.99 Å². The third kappa shape index (κ3) is 2.12. The summed E-state index contributed by atoms with van der Waals surface area (Å²) in [7, 11) is 2.01. The van der Waals surface area contributed by atoms with Crippen molar-refractivity contribution in [3.8, 4) is 0 Å². The summed E-state index contributed by atoms with van der Waals surface area (Å²) in [5.41, 5.74) is 1.56. The molecule has 0 amide bonds. The number of hydrogen-bond acceptors (Lipinski definition) is 2. The molecule has 3 unspecified atom stereocenters. The van der Waals surface area contributed by atoms with Gasteiger partial charge < -0.3 is 5.11 Å². The molecule has 4 fully saturated rings. The van der Waals surface area contributed by atoms with Crippen molar-refractivity contribution in [1.82, 2.24) is 0 Å². The fraction of sp³-hybridized carbons (Fsp3) is 0.950. The fourth-order valence-corrected chi connectivity index (χ4v) is 7.24. The van der Waals surface area contributed by atoms with E-state index >= 15 is 0 Å². The van der Waals surface area contributed by atoms with Gasteiger partial charge in [0.15, 0.2) is 0 Å². The van der Waals surface area contributed by atoms with Crippen molar-refractivity contribution in [1.29, 1.82) is 0 Å². The van der Waals surface area contributed by atoms with Gasteiger partial charge >= 0.3 is 0 Å². The maximum Gasteiger partial charge on any atom is 0.0622 e. The molecule has 0 aliphatic heterocycles. The number of aliphatic imine (C=N–C) groups is 1. The Labute approximate surface area is 135 Å². The molecule has 0 aromatic carbocycles. The molecule has 4 aliphatic carbocycles. The smallest absolute Gasteiger partial charge is 0.0622 e. The Morgan fingerprint density at radius 2 is 1.73 bits per heavy atom. The third-order valence-electron chi connectivity index (χ3n) is 8.25. The summed E-state index contributed by atoms with van der Waals surface area (Å²) >= 11 is 0. The number of fused-ring (bicyclic) bond motifs is 5. The molecule has 4 aliphatic rings. The molecule has 0 saturated heterocycles. The number of nitrogens with zero attached hydrogens (tertiary/aromatic N) is 1. The van der Waals surface area contributed by atoms with E-state index in [0.717, 1.165) is 42.4 Å². The SMILES string of the molecule is C/N=C1\CCC2C3CC[C@@H]4C[C@](C)(O)CC[C@@H]4C3CC[C@]12C. The van der Waals surface area contributed by atoms with Crippen LogP contribution in [-0.4, -0.2) is 23.5 Å². The van der Waals surface area contributed by atoms with Crippen LogP contribution in [0.2, 0.25) is 0 Å². The van der Waals surface area contributed by atoms with Gasteiger partial charge in [0, 0.05) is 18.2 Å². The zero-order valence-corrected chi connectivity index (χ0v) is 14.6. The normalized spacial score (nSPS) is 56.4.